The Morgan fingerprint density at radius 2 is 2.00 bits per heavy atom. The number of rotatable bonds is 6. The standard InChI is InChI=1S/C13H18BrN3O4S/c1-3-6-16-12(18)8(2)17-13(19)10-7-9(22(15,20)21)4-5-11(10)14/h4-5,7-8H,3,6H2,1-2H3,(H,16,18)(H,17,19)(H2,15,20,21)/t8-/m0/s1. The van der Waals surface area contributed by atoms with E-state index in [1.807, 2.05) is 6.92 Å². The second kappa shape index (κ2) is 7.70. The molecule has 0 saturated heterocycles. The lowest BCUT2D eigenvalue weighted by Crippen LogP contribution is -2.45. The highest BCUT2D eigenvalue weighted by Crippen LogP contribution is 2.20. The summed E-state index contributed by atoms with van der Waals surface area (Å²) in [6.07, 6.45) is 0.786. The third kappa shape index (κ3) is 5.08. The Morgan fingerprint density at radius 1 is 1.36 bits per heavy atom. The zero-order valence-corrected chi connectivity index (χ0v) is 14.6. The first-order valence-electron chi connectivity index (χ1n) is 6.57. The minimum atomic E-state index is -3.91. The van der Waals surface area contributed by atoms with Crippen molar-refractivity contribution in [2.45, 2.75) is 31.2 Å². The van der Waals surface area contributed by atoms with Crippen LogP contribution in [0.1, 0.15) is 30.6 Å². The van der Waals surface area contributed by atoms with Crippen LogP contribution in [0.15, 0.2) is 27.6 Å². The van der Waals surface area contributed by atoms with Gasteiger partial charge in [-0.05, 0) is 47.5 Å². The summed E-state index contributed by atoms with van der Waals surface area (Å²) >= 11 is 3.17. The van der Waals surface area contributed by atoms with Gasteiger partial charge in [-0.25, -0.2) is 13.6 Å². The van der Waals surface area contributed by atoms with Crippen molar-refractivity contribution in [3.05, 3.63) is 28.2 Å². The Morgan fingerprint density at radius 3 is 2.55 bits per heavy atom. The number of nitrogens with one attached hydrogen (secondary N) is 2. The largest absolute Gasteiger partial charge is 0.354 e. The Labute approximate surface area is 137 Å². The fourth-order valence-electron chi connectivity index (χ4n) is 1.60. The van der Waals surface area contributed by atoms with Gasteiger partial charge in [-0.3, -0.25) is 9.59 Å². The van der Waals surface area contributed by atoms with Crippen LogP contribution in [-0.4, -0.2) is 32.8 Å². The minimum absolute atomic E-state index is 0.0849. The van der Waals surface area contributed by atoms with Gasteiger partial charge in [0.1, 0.15) is 6.04 Å². The number of primary sulfonamides is 1. The van der Waals surface area contributed by atoms with Crippen LogP contribution in [0.5, 0.6) is 0 Å². The van der Waals surface area contributed by atoms with Crippen molar-refractivity contribution in [2.24, 2.45) is 5.14 Å². The molecule has 0 unspecified atom stereocenters. The van der Waals surface area contributed by atoms with Crippen molar-refractivity contribution in [1.82, 2.24) is 10.6 Å². The van der Waals surface area contributed by atoms with E-state index in [2.05, 4.69) is 26.6 Å². The van der Waals surface area contributed by atoms with Gasteiger partial charge >= 0.3 is 0 Å². The number of carbonyl (C=O) groups excluding carboxylic acids is 2. The van der Waals surface area contributed by atoms with E-state index in [1.54, 1.807) is 6.92 Å². The maximum Gasteiger partial charge on any atom is 0.253 e. The topological polar surface area (TPSA) is 118 Å². The molecule has 0 fully saturated rings. The lowest BCUT2D eigenvalue weighted by atomic mass is 10.2. The SMILES string of the molecule is CCCNC(=O)[C@H](C)NC(=O)c1cc(S(N)(=O)=O)ccc1Br. The molecule has 2 amide bonds. The van der Waals surface area contributed by atoms with E-state index in [1.165, 1.54) is 12.1 Å². The normalized spacial score (nSPS) is 12.5. The highest BCUT2D eigenvalue weighted by molar-refractivity contribution is 9.10. The number of halogens is 1. The second-order valence-electron chi connectivity index (χ2n) is 4.67. The van der Waals surface area contributed by atoms with Gasteiger partial charge < -0.3 is 10.6 Å². The van der Waals surface area contributed by atoms with E-state index in [4.69, 9.17) is 5.14 Å². The average molecular weight is 392 g/mol. The first kappa shape index (κ1) is 18.6. The van der Waals surface area contributed by atoms with Crippen molar-refractivity contribution in [1.29, 1.82) is 0 Å². The van der Waals surface area contributed by atoms with E-state index in [0.717, 1.165) is 12.5 Å². The quantitative estimate of drug-likeness (QED) is 0.662. The van der Waals surface area contributed by atoms with Gasteiger partial charge in [0.15, 0.2) is 0 Å². The van der Waals surface area contributed by atoms with Crippen LogP contribution in [0.2, 0.25) is 0 Å². The molecule has 1 atom stereocenters. The molecule has 7 nitrogen and oxygen atoms in total. The molecule has 1 aromatic rings. The highest BCUT2D eigenvalue weighted by Gasteiger charge is 2.19. The molecule has 0 heterocycles. The monoisotopic (exact) mass is 391 g/mol. The van der Waals surface area contributed by atoms with E-state index in [9.17, 15) is 18.0 Å². The summed E-state index contributed by atoms with van der Waals surface area (Å²) in [4.78, 5) is 23.7. The lowest BCUT2D eigenvalue weighted by molar-refractivity contribution is -0.122. The minimum Gasteiger partial charge on any atom is -0.354 e. The third-order valence-corrected chi connectivity index (χ3v) is 4.40. The van der Waals surface area contributed by atoms with Crippen LogP contribution in [0.3, 0.4) is 0 Å². The van der Waals surface area contributed by atoms with Crippen molar-refractivity contribution >= 4 is 37.8 Å². The van der Waals surface area contributed by atoms with Gasteiger partial charge in [0.05, 0.1) is 10.5 Å². The number of carbonyl (C=O) groups is 2. The Balaban J connectivity index is 2.92. The maximum absolute atomic E-state index is 12.2. The van der Waals surface area contributed by atoms with Crippen LogP contribution < -0.4 is 15.8 Å². The molecule has 1 rings (SSSR count). The summed E-state index contributed by atoms with van der Waals surface area (Å²) < 4.78 is 23.1. The van der Waals surface area contributed by atoms with Crippen LogP contribution in [-0.2, 0) is 14.8 Å². The zero-order valence-electron chi connectivity index (χ0n) is 12.2. The predicted octanol–water partition coefficient (Wildman–Crippen LogP) is 0.741. The van der Waals surface area contributed by atoms with Gasteiger partial charge in [-0.15, -0.1) is 0 Å². The summed E-state index contributed by atoms with van der Waals surface area (Å²) in [5, 5.41) is 10.2. The van der Waals surface area contributed by atoms with Gasteiger partial charge in [0, 0.05) is 11.0 Å². The van der Waals surface area contributed by atoms with Gasteiger partial charge in [0.25, 0.3) is 5.91 Å². The van der Waals surface area contributed by atoms with E-state index in [-0.39, 0.29) is 16.4 Å². The van der Waals surface area contributed by atoms with Crippen LogP contribution >= 0.6 is 15.9 Å². The number of hydrogen-bond acceptors (Lipinski definition) is 4. The molecule has 9 heteroatoms. The first-order chi connectivity index (χ1) is 10.2. The summed E-state index contributed by atoms with van der Waals surface area (Å²) in [6, 6.07) is 3.11. The fraction of sp³-hybridized carbons (Fsp3) is 0.385. The highest BCUT2D eigenvalue weighted by atomic mass is 79.9. The molecule has 0 aromatic heterocycles. The van der Waals surface area contributed by atoms with Crippen LogP contribution in [0.4, 0.5) is 0 Å². The third-order valence-electron chi connectivity index (χ3n) is 2.80. The molecule has 0 spiro atoms. The molecule has 0 saturated carbocycles. The molecule has 22 heavy (non-hydrogen) atoms. The molecule has 0 radical (unpaired) electrons. The van der Waals surface area contributed by atoms with E-state index in [0.29, 0.717) is 11.0 Å². The molecule has 1 aromatic carbocycles. The smallest absolute Gasteiger partial charge is 0.253 e. The van der Waals surface area contributed by atoms with Crippen molar-refractivity contribution in [2.75, 3.05) is 6.54 Å². The summed E-state index contributed by atoms with van der Waals surface area (Å²) in [6.45, 7) is 3.98. The Bertz CT molecular complexity index is 676. The van der Waals surface area contributed by atoms with E-state index < -0.39 is 22.0 Å². The van der Waals surface area contributed by atoms with Gasteiger partial charge in [0.2, 0.25) is 15.9 Å². The first-order valence-corrected chi connectivity index (χ1v) is 8.91. The lowest BCUT2D eigenvalue weighted by Gasteiger charge is -2.14. The number of amides is 2. The molecule has 0 aliphatic heterocycles. The Kier molecular flexibility index (Phi) is 6.51. The van der Waals surface area contributed by atoms with Crippen molar-refractivity contribution in [3.8, 4) is 0 Å². The number of benzene rings is 1. The molecular formula is C13H18BrN3O4S. The number of sulfonamides is 1. The molecule has 0 aliphatic rings. The second-order valence-corrected chi connectivity index (χ2v) is 7.09. The summed E-state index contributed by atoms with van der Waals surface area (Å²) in [5.74, 6) is -0.884. The van der Waals surface area contributed by atoms with Gasteiger partial charge in [-0.2, -0.15) is 0 Å². The molecule has 122 valence electrons. The van der Waals surface area contributed by atoms with Crippen LogP contribution in [0.25, 0.3) is 0 Å². The molecule has 0 aliphatic carbocycles. The average Bonchev–Trinajstić information content (AvgIpc) is 2.43. The van der Waals surface area contributed by atoms with Crippen molar-refractivity contribution < 1.29 is 18.0 Å². The summed E-state index contributed by atoms with van der Waals surface area (Å²) in [7, 11) is -3.91. The van der Waals surface area contributed by atoms with Crippen molar-refractivity contribution in [3.63, 3.8) is 0 Å². The summed E-state index contributed by atoms with van der Waals surface area (Å²) in [5.41, 5.74) is 0.0849. The van der Waals surface area contributed by atoms with E-state index >= 15 is 0 Å². The van der Waals surface area contributed by atoms with Gasteiger partial charge in [-0.1, -0.05) is 6.92 Å². The Hall–Kier alpha value is -1.45. The fourth-order valence-corrected chi connectivity index (χ4v) is 2.56. The molecular weight excluding hydrogens is 374 g/mol. The van der Waals surface area contributed by atoms with Crippen LogP contribution in [0, 0.1) is 0 Å². The predicted molar refractivity (Wildman–Crippen MR) is 85.7 cm³/mol. The number of nitrogens with two attached hydrogens (primary N) is 1. The molecule has 4 N–H and O–H groups in total. The molecule has 0 bridgehead atoms. The maximum atomic E-state index is 12.2. The zero-order chi connectivity index (χ0) is 16.9. The number of hydrogen-bond donors (Lipinski definition) is 3.